The minimum Gasteiger partial charge on any atom is -0.309 e. The van der Waals surface area contributed by atoms with Gasteiger partial charge in [-0.2, -0.15) is 9.98 Å². The number of nitrogens with one attached hydrogen (secondary N) is 1. The fraction of sp³-hybridized carbons (Fsp3) is 0.133. The Morgan fingerprint density at radius 1 is 0.789 bits per heavy atom. The summed E-state index contributed by atoms with van der Waals surface area (Å²) in [6, 6.07) is 15.3. The Hall–Kier alpha value is -2.33. The van der Waals surface area contributed by atoms with Gasteiger partial charge in [0.1, 0.15) is 0 Å². The second-order valence-electron chi connectivity index (χ2n) is 4.37. The first kappa shape index (κ1) is 11.7. The number of amides is 2. The lowest BCUT2D eigenvalue weighted by molar-refractivity contribution is 0.256. The van der Waals surface area contributed by atoms with Crippen LogP contribution in [0.2, 0.25) is 0 Å². The van der Waals surface area contributed by atoms with E-state index >= 15 is 0 Å². The molecule has 0 bridgehead atoms. The van der Waals surface area contributed by atoms with Crippen molar-refractivity contribution >= 4 is 6.03 Å². The van der Waals surface area contributed by atoms with E-state index in [4.69, 9.17) is 0 Å². The van der Waals surface area contributed by atoms with Crippen LogP contribution in [0.5, 0.6) is 0 Å². The average molecular weight is 251 g/mol. The molecular weight excluding hydrogens is 238 g/mol. The number of fused-ring (bicyclic) bond motifs is 2. The topological polar surface area (TPSA) is 53.8 Å². The number of hydrogen-bond acceptors (Lipinski definition) is 2. The van der Waals surface area contributed by atoms with Crippen molar-refractivity contribution in [1.29, 1.82) is 0 Å². The summed E-state index contributed by atoms with van der Waals surface area (Å²) in [5.41, 5.74) is 2.91. The monoisotopic (exact) mass is 251 g/mol. The minimum absolute atomic E-state index is 0.402. The molecule has 2 aliphatic heterocycles. The van der Waals surface area contributed by atoms with Gasteiger partial charge in [0.2, 0.25) is 0 Å². The second kappa shape index (κ2) is 5.12. The third-order valence-electron chi connectivity index (χ3n) is 3.06. The summed E-state index contributed by atoms with van der Waals surface area (Å²) in [7, 11) is 0. The van der Waals surface area contributed by atoms with E-state index in [0.29, 0.717) is 10.7 Å². The van der Waals surface area contributed by atoms with Crippen LogP contribution < -0.4 is 16.0 Å². The molecule has 2 aromatic rings. The van der Waals surface area contributed by atoms with Gasteiger partial charge < -0.3 is 5.32 Å². The summed E-state index contributed by atoms with van der Waals surface area (Å²) >= 11 is 0. The predicted molar refractivity (Wildman–Crippen MR) is 71.1 cm³/mol. The van der Waals surface area contributed by atoms with Crippen LogP contribution in [0.25, 0.3) is 0 Å². The summed E-state index contributed by atoms with van der Waals surface area (Å²) in [4.78, 5) is 17.9. The Bertz CT molecular complexity index is 677. The van der Waals surface area contributed by atoms with Crippen LogP contribution in [-0.2, 0) is 13.1 Å². The van der Waals surface area contributed by atoms with E-state index < -0.39 is 6.03 Å². The van der Waals surface area contributed by atoms with Gasteiger partial charge in [0.15, 0.2) is 0 Å². The quantitative estimate of drug-likeness (QED) is 0.768. The van der Waals surface area contributed by atoms with Crippen LogP contribution in [0.3, 0.4) is 0 Å². The van der Waals surface area contributed by atoms with Gasteiger partial charge in [-0.1, -0.05) is 36.4 Å². The van der Waals surface area contributed by atoms with E-state index in [9.17, 15) is 4.79 Å². The van der Waals surface area contributed by atoms with E-state index in [1.807, 2.05) is 12.1 Å². The number of urea groups is 1. The van der Waals surface area contributed by atoms with Crippen molar-refractivity contribution in [3.8, 4) is 0 Å². The number of rotatable bonds is 0. The predicted octanol–water partition coefficient (Wildman–Crippen LogP) is 1.35. The molecule has 94 valence electrons. The largest absolute Gasteiger partial charge is 0.368 e. The lowest BCUT2D eigenvalue weighted by atomic mass is 10.1. The van der Waals surface area contributed by atoms with Crippen molar-refractivity contribution in [2.75, 3.05) is 0 Å². The number of hydrogen-bond donors (Lipinski definition) is 1. The molecule has 0 aliphatic carbocycles. The van der Waals surface area contributed by atoms with Crippen molar-refractivity contribution < 1.29 is 4.79 Å². The van der Waals surface area contributed by atoms with Crippen LogP contribution in [0.1, 0.15) is 11.1 Å². The number of para-hydroxylation sites is 2. The lowest BCUT2D eigenvalue weighted by Gasteiger charge is -1.91. The van der Waals surface area contributed by atoms with Gasteiger partial charge in [-0.15, -0.1) is 0 Å². The third kappa shape index (κ3) is 2.58. The highest BCUT2D eigenvalue weighted by atomic mass is 16.2. The van der Waals surface area contributed by atoms with Crippen LogP contribution in [0.4, 0.5) is 4.79 Å². The molecule has 0 saturated carbocycles. The first-order chi connectivity index (χ1) is 9.33. The van der Waals surface area contributed by atoms with E-state index in [0.717, 1.165) is 13.1 Å². The second-order valence-corrected chi connectivity index (χ2v) is 4.37. The van der Waals surface area contributed by atoms with Gasteiger partial charge in [-0.3, -0.25) is 0 Å². The maximum Gasteiger partial charge on any atom is 0.368 e. The van der Waals surface area contributed by atoms with Crippen molar-refractivity contribution in [3.63, 3.8) is 0 Å². The molecule has 2 heterocycles. The van der Waals surface area contributed by atoms with Gasteiger partial charge in [-0.25, -0.2) is 4.79 Å². The standard InChI is InChI=1S/C8H9N.C7H4N2O/c1-2-4-8-6-9-5-7(8)3-1;10-7-8-5-3-1-2-4-6(5)9-7/h1-4,9H,5-6H2;1-4H. The Labute approximate surface area is 110 Å². The Balaban J connectivity index is 0.000000117. The molecule has 0 atom stereocenters. The summed E-state index contributed by atoms with van der Waals surface area (Å²) in [5, 5.41) is 4.63. The average Bonchev–Trinajstić information content (AvgIpc) is 3.03. The highest BCUT2D eigenvalue weighted by Crippen LogP contribution is 2.12. The molecule has 0 radical (unpaired) electrons. The van der Waals surface area contributed by atoms with E-state index in [1.54, 1.807) is 12.1 Å². The Kier molecular flexibility index (Phi) is 3.16. The maximum atomic E-state index is 10.6. The molecule has 4 rings (SSSR count). The molecule has 0 fully saturated rings. The molecular formula is C15H13N3O. The van der Waals surface area contributed by atoms with Crippen molar-refractivity contribution in [2.45, 2.75) is 13.1 Å². The first-order valence-corrected chi connectivity index (χ1v) is 6.17. The molecule has 0 saturated heterocycles. The molecule has 4 nitrogen and oxygen atoms in total. The molecule has 2 amide bonds. The van der Waals surface area contributed by atoms with Crippen molar-refractivity contribution in [3.05, 3.63) is 70.4 Å². The first-order valence-electron chi connectivity index (χ1n) is 6.17. The summed E-state index contributed by atoms with van der Waals surface area (Å²) < 4.78 is 0. The van der Waals surface area contributed by atoms with Gasteiger partial charge >= 0.3 is 6.03 Å². The Morgan fingerprint density at radius 3 is 1.79 bits per heavy atom. The van der Waals surface area contributed by atoms with Gasteiger partial charge in [-0.05, 0) is 23.3 Å². The van der Waals surface area contributed by atoms with E-state index in [1.165, 1.54) is 11.1 Å². The fourth-order valence-corrected chi connectivity index (χ4v) is 2.12. The molecule has 4 heteroatoms. The third-order valence-corrected chi connectivity index (χ3v) is 3.06. The number of benzene rings is 2. The Morgan fingerprint density at radius 2 is 1.26 bits per heavy atom. The molecule has 0 aromatic heterocycles. The highest BCUT2D eigenvalue weighted by molar-refractivity contribution is 5.77. The fourth-order valence-electron chi connectivity index (χ4n) is 2.12. The smallest absolute Gasteiger partial charge is 0.309 e. The molecule has 1 N–H and O–H groups in total. The van der Waals surface area contributed by atoms with Crippen LogP contribution in [0, 0.1) is 0 Å². The van der Waals surface area contributed by atoms with Gasteiger partial charge in [0, 0.05) is 13.1 Å². The number of carbonyl (C=O) groups is 1. The van der Waals surface area contributed by atoms with Crippen LogP contribution in [0.15, 0.2) is 58.5 Å². The summed E-state index contributed by atoms with van der Waals surface area (Å²) in [5.74, 6) is 0. The van der Waals surface area contributed by atoms with Crippen LogP contribution in [-0.4, -0.2) is 6.03 Å². The number of carbonyl (C=O) groups excluding carboxylic acids is 1. The zero-order valence-corrected chi connectivity index (χ0v) is 10.3. The zero-order valence-electron chi connectivity index (χ0n) is 10.3. The van der Waals surface area contributed by atoms with Gasteiger partial charge in [0.05, 0.1) is 10.7 Å². The van der Waals surface area contributed by atoms with E-state index in [-0.39, 0.29) is 0 Å². The summed E-state index contributed by atoms with van der Waals surface area (Å²) in [6.07, 6.45) is 0. The molecule has 19 heavy (non-hydrogen) atoms. The van der Waals surface area contributed by atoms with Crippen LogP contribution >= 0.6 is 0 Å². The highest BCUT2D eigenvalue weighted by Gasteiger charge is 2.06. The maximum absolute atomic E-state index is 10.6. The van der Waals surface area contributed by atoms with Gasteiger partial charge in [0.25, 0.3) is 0 Å². The minimum atomic E-state index is -0.402. The summed E-state index contributed by atoms with van der Waals surface area (Å²) in [6.45, 7) is 2.10. The zero-order chi connectivity index (χ0) is 13.1. The molecule has 2 aromatic carbocycles. The lowest BCUT2D eigenvalue weighted by Crippen LogP contribution is -2.19. The SMILES string of the molecule is O=C1N=c2ccccc2=N1.c1ccc2c(c1)CNC2. The normalized spacial score (nSPS) is 14.6. The molecule has 0 spiro atoms. The van der Waals surface area contributed by atoms with Crippen molar-refractivity contribution in [2.24, 2.45) is 9.98 Å². The molecule has 2 aliphatic rings. The number of nitrogens with zero attached hydrogens (tertiary/aromatic N) is 2. The van der Waals surface area contributed by atoms with E-state index in [2.05, 4.69) is 39.6 Å². The molecule has 0 unspecified atom stereocenters. The van der Waals surface area contributed by atoms with Crippen molar-refractivity contribution in [1.82, 2.24) is 5.32 Å².